The summed E-state index contributed by atoms with van der Waals surface area (Å²) in [6.45, 7) is 3.41. The molecule has 2 atom stereocenters. The van der Waals surface area contributed by atoms with E-state index in [0.29, 0.717) is 6.61 Å². The highest BCUT2D eigenvalue weighted by Crippen LogP contribution is 2.33. The fourth-order valence-corrected chi connectivity index (χ4v) is 2.81. The summed E-state index contributed by atoms with van der Waals surface area (Å²) >= 11 is 0. The summed E-state index contributed by atoms with van der Waals surface area (Å²) in [4.78, 5) is 0. The van der Waals surface area contributed by atoms with Crippen LogP contribution in [0.4, 0.5) is 0 Å². The molecule has 3 nitrogen and oxygen atoms in total. The van der Waals surface area contributed by atoms with Gasteiger partial charge in [0.05, 0.1) is 6.61 Å². The maximum atomic E-state index is 6.04. The second-order valence-electron chi connectivity index (χ2n) is 4.93. The van der Waals surface area contributed by atoms with Gasteiger partial charge in [0.1, 0.15) is 11.7 Å². The fraction of sp³-hybridized carbons (Fsp3) is 0.571. The molecule has 1 spiro atoms. The van der Waals surface area contributed by atoms with Crippen molar-refractivity contribution < 1.29 is 9.47 Å². The predicted octanol–water partition coefficient (Wildman–Crippen LogP) is 1.72. The second-order valence-corrected chi connectivity index (χ2v) is 4.93. The van der Waals surface area contributed by atoms with Crippen LogP contribution in [0.3, 0.4) is 0 Å². The van der Waals surface area contributed by atoms with Gasteiger partial charge in [-0.05, 0) is 18.4 Å². The minimum atomic E-state index is -0.0468. The van der Waals surface area contributed by atoms with Crippen LogP contribution >= 0.6 is 0 Å². The first-order chi connectivity index (χ1) is 8.39. The maximum Gasteiger partial charge on any atom is 0.108 e. The molecule has 1 aromatic carbocycles. The highest BCUT2D eigenvalue weighted by atomic mass is 16.6. The molecule has 92 valence electrons. The molecular formula is C14H19NO2. The molecule has 0 amide bonds. The topological polar surface area (TPSA) is 30.5 Å². The van der Waals surface area contributed by atoms with Crippen molar-refractivity contribution in [3.63, 3.8) is 0 Å². The standard InChI is InChI=1S/C14H19NO2/c1-2-5-12(6-3-1)10-16-13-9-15-11-14(13)7-4-8-17-14/h1-3,5-6,13,15H,4,7-11H2/t13-,14-/m1/s1. The Hall–Kier alpha value is -0.900. The van der Waals surface area contributed by atoms with Gasteiger partial charge in [-0.1, -0.05) is 30.3 Å². The molecule has 0 saturated carbocycles. The van der Waals surface area contributed by atoms with Crippen LogP contribution in [-0.4, -0.2) is 31.4 Å². The molecule has 1 aromatic rings. The van der Waals surface area contributed by atoms with E-state index < -0.39 is 0 Å². The number of nitrogens with one attached hydrogen (secondary N) is 1. The van der Waals surface area contributed by atoms with Crippen LogP contribution in [0.2, 0.25) is 0 Å². The Morgan fingerprint density at radius 1 is 1.35 bits per heavy atom. The van der Waals surface area contributed by atoms with E-state index in [1.807, 2.05) is 18.2 Å². The lowest BCUT2D eigenvalue weighted by molar-refractivity contribution is -0.0957. The van der Waals surface area contributed by atoms with E-state index >= 15 is 0 Å². The third-order valence-electron chi connectivity index (χ3n) is 3.77. The molecule has 2 aliphatic heterocycles. The summed E-state index contributed by atoms with van der Waals surface area (Å²) in [7, 11) is 0. The van der Waals surface area contributed by atoms with Crippen molar-refractivity contribution in [3.8, 4) is 0 Å². The highest BCUT2D eigenvalue weighted by molar-refractivity contribution is 5.13. The average molecular weight is 233 g/mol. The zero-order valence-electron chi connectivity index (χ0n) is 10.0. The van der Waals surface area contributed by atoms with Crippen LogP contribution in [0, 0.1) is 0 Å². The average Bonchev–Trinajstić information content (AvgIpc) is 3.00. The van der Waals surface area contributed by atoms with E-state index in [1.165, 1.54) is 5.56 Å². The fourth-order valence-electron chi connectivity index (χ4n) is 2.81. The molecule has 0 aromatic heterocycles. The summed E-state index contributed by atoms with van der Waals surface area (Å²) in [5.74, 6) is 0. The molecule has 1 N–H and O–H groups in total. The summed E-state index contributed by atoms with van der Waals surface area (Å²) in [6.07, 6.45) is 2.48. The molecule has 0 unspecified atom stereocenters. The maximum absolute atomic E-state index is 6.04. The number of rotatable bonds is 3. The first-order valence-electron chi connectivity index (χ1n) is 6.39. The molecule has 3 heteroatoms. The molecule has 2 heterocycles. The Morgan fingerprint density at radius 3 is 3.00 bits per heavy atom. The quantitative estimate of drug-likeness (QED) is 0.862. The van der Waals surface area contributed by atoms with Crippen LogP contribution in [0.25, 0.3) is 0 Å². The van der Waals surface area contributed by atoms with Crippen molar-refractivity contribution in [2.24, 2.45) is 0 Å². The van der Waals surface area contributed by atoms with E-state index in [9.17, 15) is 0 Å². The normalized spacial score (nSPS) is 32.4. The zero-order chi connectivity index (χ0) is 11.6. The first kappa shape index (κ1) is 11.2. The molecular weight excluding hydrogens is 214 g/mol. The molecule has 17 heavy (non-hydrogen) atoms. The van der Waals surface area contributed by atoms with Gasteiger partial charge in [0.25, 0.3) is 0 Å². The molecule has 0 aliphatic carbocycles. The van der Waals surface area contributed by atoms with E-state index in [0.717, 1.165) is 32.5 Å². The summed E-state index contributed by atoms with van der Waals surface area (Å²) in [5, 5.41) is 3.39. The predicted molar refractivity (Wildman–Crippen MR) is 65.8 cm³/mol. The largest absolute Gasteiger partial charge is 0.371 e. The van der Waals surface area contributed by atoms with Crippen molar-refractivity contribution in [2.45, 2.75) is 31.2 Å². The van der Waals surface area contributed by atoms with Crippen molar-refractivity contribution in [3.05, 3.63) is 35.9 Å². The van der Waals surface area contributed by atoms with Crippen LogP contribution in [0.1, 0.15) is 18.4 Å². The molecule has 3 rings (SSSR count). The highest BCUT2D eigenvalue weighted by Gasteiger charge is 2.47. The Labute approximate surface area is 102 Å². The van der Waals surface area contributed by atoms with E-state index in [2.05, 4.69) is 17.4 Å². The third kappa shape index (κ3) is 2.23. The van der Waals surface area contributed by atoms with Gasteiger partial charge < -0.3 is 14.8 Å². The van der Waals surface area contributed by atoms with Gasteiger partial charge in [0, 0.05) is 19.7 Å². The Kier molecular flexibility index (Phi) is 3.14. The van der Waals surface area contributed by atoms with Gasteiger partial charge in [0.15, 0.2) is 0 Å². The van der Waals surface area contributed by atoms with Gasteiger partial charge in [-0.15, -0.1) is 0 Å². The van der Waals surface area contributed by atoms with Crippen molar-refractivity contribution in [1.29, 1.82) is 0 Å². The van der Waals surface area contributed by atoms with Crippen molar-refractivity contribution in [2.75, 3.05) is 19.7 Å². The molecule has 2 fully saturated rings. The van der Waals surface area contributed by atoms with E-state index in [-0.39, 0.29) is 11.7 Å². The lowest BCUT2D eigenvalue weighted by atomic mass is 9.96. The smallest absolute Gasteiger partial charge is 0.108 e. The molecule has 2 aliphatic rings. The van der Waals surface area contributed by atoms with Crippen molar-refractivity contribution >= 4 is 0 Å². The third-order valence-corrected chi connectivity index (χ3v) is 3.77. The Balaban J connectivity index is 1.61. The van der Waals surface area contributed by atoms with Crippen LogP contribution in [-0.2, 0) is 16.1 Å². The van der Waals surface area contributed by atoms with E-state index in [4.69, 9.17) is 9.47 Å². The lowest BCUT2D eigenvalue weighted by Gasteiger charge is -2.29. The SMILES string of the molecule is c1ccc(CO[C@@H]2CNC[C@]23CCCO3)cc1. The van der Waals surface area contributed by atoms with Crippen LogP contribution in [0.5, 0.6) is 0 Å². The Bertz CT molecular complexity index is 354. The molecule has 2 saturated heterocycles. The summed E-state index contributed by atoms with van der Waals surface area (Å²) < 4.78 is 12.0. The molecule has 0 radical (unpaired) electrons. The van der Waals surface area contributed by atoms with E-state index in [1.54, 1.807) is 0 Å². The zero-order valence-corrected chi connectivity index (χ0v) is 10.0. The summed E-state index contributed by atoms with van der Waals surface area (Å²) in [5.41, 5.74) is 1.18. The number of benzene rings is 1. The van der Waals surface area contributed by atoms with Crippen LogP contribution < -0.4 is 5.32 Å². The van der Waals surface area contributed by atoms with Crippen molar-refractivity contribution in [1.82, 2.24) is 5.32 Å². The summed E-state index contributed by atoms with van der Waals surface area (Å²) in [6, 6.07) is 10.3. The van der Waals surface area contributed by atoms with Gasteiger partial charge in [-0.25, -0.2) is 0 Å². The van der Waals surface area contributed by atoms with Gasteiger partial charge in [-0.3, -0.25) is 0 Å². The van der Waals surface area contributed by atoms with Crippen LogP contribution in [0.15, 0.2) is 30.3 Å². The second kappa shape index (κ2) is 4.77. The number of hydrogen-bond acceptors (Lipinski definition) is 3. The van der Waals surface area contributed by atoms with Gasteiger partial charge in [-0.2, -0.15) is 0 Å². The van der Waals surface area contributed by atoms with Gasteiger partial charge in [0.2, 0.25) is 0 Å². The molecule has 0 bridgehead atoms. The minimum Gasteiger partial charge on any atom is -0.371 e. The Morgan fingerprint density at radius 2 is 2.24 bits per heavy atom. The monoisotopic (exact) mass is 233 g/mol. The lowest BCUT2D eigenvalue weighted by Crippen LogP contribution is -2.42. The number of hydrogen-bond donors (Lipinski definition) is 1. The minimum absolute atomic E-state index is 0.0468. The number of ether oxygens (including phenoxy) is 2. The first-order valence-corrected chi connectivity index (χ1v) is 6.39. The van der Waals surface area contributed by atoms with Gasteiger partial charge >= 0.3 is 0 Å².